The van der Waals surface area contributed by atoms with Gasteiger partial charge in [0, 0.05) is 6.54 Å². The van der Waals surface area contributed by atoms with Gasteiger partial charge in [0.05, 0.1) is 5.88 Å². The van der Waals surface area contributed by atoms with Crippen LogP contribution in [0, 0.1) is 0 Å². The highest BCUT2D eigenvalue weighted by Gasteiger charge is 1.94. The van der Waals surface area contributed by atoms with Crippen molar-refractivity contribution in [3.8, 4) is 0 Å². The van der Waals surface area contributed by atoms with Crippen LogP contribution >= 0.6 is 11.9 Å². The number of rotatable bonds is 4. The minimum absolute atomic E-state index is 1.07. The molecule has 56 valence electrons. The summed E-state index contributed by atoms with van der Waals surface area (Å²) >= 11 is 1.84. The SMILES string of the molecule is CCN(C)SCN(C)C. The van der Waals surface area contributed by atoms with E-state index in [1.54, 1.807) is 0 Å². The molecule has 0 saturated carbocycles. The predicted molar refractivity (Wildman–Crippen MR) is 44.4 cm³/mol. The van der Waals surface area contributed by atoms with Gasteiger partial charge in [-0.1, -0.05) is 18.9 Å². The molecule has 0 amide bonds. The largest absolute Gasteiger partial charge is 0.299 e. The number of hydrogen-bond acceptors (Lipinski definition) is 3. The van der Waals surface area contributed by atoms with Crippen molar-refractivity contribution in [3.63, 3.8) is 0 Å². The molecule has 0 unspecified atom stereocenters. The number of hydrogen-bond donors (Lipinski definition) is 0. The molecule has 9 heavy (non-hydrogen) atoms. The van der Waals surface area contributed by atoms with Gasteiger partial charge in [-0.2, -0.15) is 0 Å². The molecule has 0 N–H and O–H groups in total. The Kier molecular flexibility index (Phi) is 5.24. The summed E-state index contributed by atoms with van der Waals surface area (Å²) in [5.74, 6) is 1.07. The summed E-state index contributed by atoms with van der Waals surface area (Å²) in [6, 6.07) is 0. The monoisotopic (exact) mass is 148 g/mol. The molecule has 0 aromatic rings. The third-order valence-electron chi connectivity index (χ3n) is 0.982. The highest BCUT2D eigenvalue weighted by molar-refractivity contribution is 7.96. The van der Waals surface area contributed by atoms with Gasteiger partial charge in [-0.25, -0.2) is 0 Å². The maximum atomic E-state index is 2.22. The number of nitrogens with zero attached hydrogens (tertiary/aromatic N) is 2. The molecule has 0 atom stereocenters. The third kappa shape index (κ3) is 6.15. The first kappa shape index (κ1) is 9.27. The van der Waals surface area contributed by atoms with Gasteiger partial charge in [0.15, 0.2) is 0 Å². The maximum absolute atomic E-state index is 2.22. The Bertz CT molecular complexity index is 66.1. The van der Waals surface area contributed by atoms with Gasteiger partial charge in [0.1, 0.15) is 0 Å². The Morgan fingerprint density at radius 2 is 1.78 bits per heavy atom. The van der Waals surface area contributed by atoms with E-state index in [1.807, 2.05) is 11.9 Å². The molecule has 0 aromatic carbocycles. The summed E-state index contributed by atoms with van der Waals surface area (Å²) < 4.78 is 2.22. The summed E-state index contributed by atoms with van der Waals surface area (Å²) in [6.45, 7) is 3.27. The van der Waals surface area contributed by atoms with Crippen molar-refractivity contribution in [2.24, 2.45) is 0 Å². The first-order valence-electron chi connectivity index (χ1n) is 3.15. The van der Waals surface area contributed by atoms with Gasteiger partial charge in [0.2, 0.25) is 0 Å². The summed E-state index contributed by atoms with van der Waals surface area (Å²) in [5, 5.41) is 0. The average Bonchev–Trinajstić information content (AvgIpc) is 1.83. The lowest BCUT2D eigenvalue weighted by Crippen LogP contribution is -2.16. The molecular formula is C6H16N2S. The molecule has 0 spiro atoms. The van der Waals surface area contributed by atoms with E-state index < -0.39 is 0 Å². The summed E-state index contributed by atoms with van der Waals surface area (Å²) in [5.41, 5.74) is 0. The second-order valence-corrected chi connectivity index (χ2v) is 3.42. The van der Waals surface area contributed by atoms with Crippen LogP contribution in [-0.2, 0) is 0 Å². The van der Waals surface area contributed by atoms with Crippen LogP contribution in [0.1, 0.15) is 6.92 Å². The van der Waals surface area contributed by atoms with E-state index in [9.17, 15) is 0 Å². The quantitative estimate of drug-likeness (QED) is 0.435. The molecule has 0 aliphatic heterocycles. The Morgan fingerprint density at radius 1 is 1.22 bits per heavy atom. The zero-order valence-corrected chi connectivity index (χ0v) is 7.53. The standard InChI is InChI=1S/C6H16N2S/c1-5-8(4)9-6-7(2)3/h5-6H2,1-4H3. The zero-order chi connectivity index (χ0) is 7.28. The first-order chi connectivity index (χ1) is 4.16. The molecule has 0 saturated heterocycles. The lowest BCUT2D eigenvalue weighted by molar-refractivity contribution is 0.475. The van der Waals surface area contributed by atoms with Gasteiger partial charge in [-0.3, -0.25) is 9.21 Å². The summed E-state index contributed by atoms with van der Waals surface area (Å²) in [6.07, 6.45) is 0. The minimum atomic E-state index is 1.07. The second kappa shape index (κ2) is 5.09. The topological polar surface area (TPSA) is 6.48 Å². The van der Waals surface area contributed by atoms with Crippen LogP contribution in [0.4, 0.5) is 0 Å². The molecule has 0 aromatic heterocycles. The van der Waals surface area contributed by atoms with Crippen LogP contribution in [0.15, 0.2) is 0 Å². The summed E-state index contributed by atoms with van der Waals surface area (Å²) in [4.78, 5) is 2.16. The molecule has 0 rings (SSSR count). The average molecular weight is 148 g/mol. The highest BCUT2D eigenvalue weighted by Crippen LogP contribution is 2.04. The van der Waals surface area contributed by atoms with Crippen molar-refractivity contribution in [3.05, 3.63) is 0 Å². The predicted octanol–water partition coefficient (Wildman–Crippen LogP) is 1.11. The molecular weight excluding hydrogens is 132 g/mol. The van der Waals surface area contributed by atoms with Crippen molar-refractivity contribution < 1.29 is 0 Å². The maximum Gasteiger partial charge on any atom is 0.0587 e. The van der Waals surface area contributed by atoms with E-state index in [0.29, 0.717) is 0 Å². The third-order valence-corrected chi connectivity index (χ3v) is 2.31. The van der Waals surface area contributed by atoms with Crippen LogP contribution in [-0.4, -0.2) is 42.8 Å². The van der Waals surface area contributed by atoms with Crippen molar-refractivity contribution >= 4 is 11.9 Å². The first-order valence-corrected chi connectivity index (χ1v) is 4.09. The Labute approximate surface area is 62.3 Å². The van der Waals surface area contributed by atoms with Crippen molar-refractivity contribution in [1.82, 2.24) is 9.21 Å². The van der Waals surface area contributed by atoms with Crippen LogP contribution in [0.5, 0.6) is 0 Å². The van der Waals surface area contributed by atoms with Gasteiger partial charge < -0.3 is 0 Å². The van der Waals surface area contributed by atoms with E-state index in [2.05, 4.69) is 37.3 Å². The Morgan fingerprint density at radius 3 is 2.11 bits per heavy atom. The molecule has 3 heteroatoms. The van der Waals surface area contributed by atoms with Crippen molar-refractivity contribution in [2.45, 2.75) is 6.92 Å². The highest BCUT2D eigenvalue weighted by atomic mass is 32.2. The van der Waals surface area contributed by atoms with E-state index >= 15 is 0 Å². The zero-order valence-electron chi connectivity index (χ0n) is 6.72. The van der Waals surface area contributed by atoms with Crippen molar-refractivity contribution in [2.75, 3.05) is 33.6 Å². The van der Waals surface area contributed by atoms with Crippen LogP contribution < -0.4 is 0 Å². The minimum Gasteiger partial charge on any atom is -0.299 e. The van der Waals surface area contributed by atoms with Gasteiger partial charge in [-0.15, -0.1) is 0 Å². The van der Waals surface area contributed by atoms with E-state index in [0.717, 1.165) is 12.4 Å². The molecule has 0 radical (unpaired) electrons. The van der Waals surface area contributed by atoms with E-state index in [1.165, 1.54) is 0 Å². The smallest absolute Gasteiger partial charge is 0.0587 e. The van der Waals surface area contributed by atoms with Gasteiger partial charge in [-0.05, 0) is 21.1 Å². The van der Waals surface area contributed by atoms with Crippen LogP contribution in [0.25, 0.3) is 0 Å². The molecule has 2 nitrogen and oxygen atoms in total. The van der Waals surface area contributed by atoms with E-state index in [-0.39, 0.29) is 0 Å². The fourth-order valence-corrected chi connectivity index (χ4v) is 0.916. The molecule has 0 aliphatic carbocycles. The molecule has 0 heterocycles. The fourth-order valence-electron chi connectivity index (χ4n) is 0.305. The van der Waals surface area contributed by atoms with Crippen LogP contribution in [0.2, 0.25) is 0 Å². The van der Waals surface area contributed by atoms with Crippen molar-refractivity contribution in [1.29, 1.82) is 0 Å². The Hall–Kier alpha value is 0.270. The second-order valence-electron chi connectivity index (χ2n) is 2.28. The molecule has 0 bridgehead atoms. The molecule has 0 aliphatic rings. The van der Waals surface area contributed by atoms with Gasteiger partial charge >= 0.3 is 0 Å². The van der Waals surface area contributed by atoms with Crippen LogP contribution in [0.3, 0.4) is 0 Å². The lowest BCUT2D eigenvalue weighted by Gasteiger charge is -2.15. The van der Waals surface area contributed by atoms with E-state index in [4.69, 9.17) is 0 Å². The fraction of sp³-hybridized carbons (Fsp3) is 1.00. The molecule has 0 fully saturated rings. The normalized spacial score (nSPS) is 11.3. The van der Waals surface area contributed by atoms with Gasteiger partial charge in [0.25, 0.3) is 0 Å². The summed E-state index contributed by atoms with van der Waals surface area (Å²) in [7, 11) is 6.27. The Balaban J connectivity index is 3.06. The lowest BCUT2D eigenvalue weighted by atomic mass is 10.8.